The van der Waals surface area contributed by atoms with Gasteiger partial charge in [0, 0.05) is 24.3 Å². The van der Waals surface area contributed by atoms with Crippen molar-refractivity contribution in [1.82, 2.24) is 0 Å². The molecular weight excluding hydrogens is 216 g/mol. The normalized spacial score (nSPS) is 14.8. The lowest BCUT2D eigenvalue weighted by molar-refractivity contribution is -0.115. The number of anilines is 1. The number of carbonyl (C=O) groups is 1. The Labute approximate surface area is 91.1 Å². The van der Waals surface area contributed by atoms with Gasteiger partial charge in [0.1, 0.15) is 0 Å². The Morgan fingerprint density at radius 3 is 2.88 bits per heavy atom. The monoisotopic (exact) mass is 227 g/mol. The summed E-state index contributed by atoms with van der Waals surface area (Å²) in [5, 5.41) is 11.1. The van der Waals surface area contributed by atoms with E-state index in [1.54, 1.807) is 0 Å². The summed E-state index contributed by atoms with van der Waals surface area (Å²) < 4.78 is 26.9. The number of nitrogens with one attached hydrogen (secondary N) is 1. The van der Waals surface area contributed by atoms with E-state index in [9.17, 15) is 13.6 Å². The van der Waals surface area contributed by atoms with Crippen LogP contribution in [0.1, 0.15) is 17.5 Å². The van der Waals surface area contributed by atoms with Crippen LogP contribution in [-0.4, -0.2) is 17.6 Å². The van der Waals surface area contributed by atoms with Crippen LogP contribution in [0.15, 0.2) is 18.2 Å². The Morgan fingerprint density at radius 2 is 2.19 bits per heavy atom. The molecule has 2 N–H and O–H groups in total. The molecule has 16 heavy (non-hydrogen) atoms. The Balaban J connectivity index is 2.32. The van der Waals surface area contributed by atoms with Gasteiger partial charge in [-0.05, 0) is 17.7 Å². The summed E-state index contributed by atoms with van der Waals surface area (Å²) in [5.74, 6) is -3.23. The van der Waals surface area contributed by atoms with Gasteiger partial charge in [0.25, 0.3) is 5.92 Å². The minimum atomic E-state index is -3.05. The molecule has 2 rings (SSSR count). The maximum Gasteiger partial charge on any atom is 0.275 e. The van der Waals surface area contributed by atoms with E-state index in [0.717, 1.165) is 0 Å². The first-order valence-corrected chi connectivity index (χ1v) is 4.95. The molecule has 0 saturated heterocycles. The molecule has 1 aliphatic rings. The summed E-state index contributed by atoms with van der Waals surface area (Å²) in [6.45, 7) is -0.568. The van der Waals surface area contributed by atoms with Crippen LogP contribution in [0.3, 0.4) is 0 Å². The predicted molar refractivity (Wildman–Crippen MR) is 54.4 cm³/mol. The van der Waals surface area contributed by atoms with Crippen molar-refractivity contribution in [3.8, 4) is 0 Å². The van der Waals surface area contributed by atoms with Gasteiger partial charge in [-0.1, -0.05) is 6.07 Å². The molecule has 0 bridgehead atoms. The van der Waals surface area contributed by atoms with Gasteiger partial charge in [0.05, 0.1) is 6.42 Å². The molecule has 1 aromatic rings. The van der Waals surface area contributed by atoms with Gasteiger partial charge in [0.2, 0.25) is 5.91 Å². The molecule has 1 heterocycles. The van der Waals surface area contributed by atoms with Crippen molar-refractivity contribution in [1.29, 1.82) is 0 Å². The Kier molecular flexibility index (Phi) is 2.63. The number of fused-ring (bicyclic) bond motifs is 1. The first-order valence-electron chi connectivity index (χ1n) is 4.95. The van der Waals surface area contributed by atoms with Crippen LogP contribution in [0.5, 0.6) is 0 Å². The van der Waals surface area contributed by atoms with Gasteiger partial charge in [-0.15, -0.1) is 0 Å². The zero-order chi connectivity index (χ0) is 11.8. The minimum absolute atomic E-state index is 0.137. The van der Waals surface area contributed by atoms with Crippen LogP contribution >= 0.6 is 0 Å². The highest BCUT2D eigenvalue weighted by molar-refractivity contribution is 5.99. The van der Waals surface area contributed by atoms with E-state index in [2.05, 4.69) is 5.32 Å². The van der Waals surface area contributed by atoms with Gasteiger partial charge < -0.3 is 10.4 Å². The van der Waals surface area contributed by atoms with E-state index in [-0.39, 0.29) is 17.9 Å². The zero-order valence-electron chi connectivity index (χ0n) is 8.46. The van der Waals surface area contributed by atoms with Crippen LogP contribution < -0.4 is 5.32 Å². The molecule has 0 aliphatic carbocycles. The van der Waals surface area contributed by atoms with Gasteiger partial charge in [-0.25, -0.2) is 8.78 Å². The average molecular weight is 227 g/mol. The highest BCUT2D eigenvalue weighted by Gasteiger charge is 2.32. The fourth-order valence-corrected chi connectivity index (χ4v) is 1.74. The first kappa shape index (κ1) is 11.0. The van der Waals surface area contributed by atoms with E-state index < -0.39 is 19.0 Å². The molecule has 1 aliphatic heterocycles. The lowest BCUT2D eigenvalue weighted by Crippen LogP contribution is -2.15. The average Bonchev–Trinajstić information content (AvgIpc) is 2.56. The fraction of sp³-hybridized carbons (Fsp3) is 0.364. The quantitative estimate of drug-likeness (QED) is 0.825. The second-order valence-electron chi connectivity index (χ2n) is 3.77. The van der Waals surface area contributed by atoms with Crippen LogP contribution in [0, 0.1) is 0 Å². The fourth-order valence-electron chi connectivity index (χ4n) is 1.74. The molecule has 5 heteroatoms. The summed E-state index contributed by atoms with van der Waals surface area (Å²) in [6, 6.07) is 4.07. The highest BCUT2D eigenvalue weighted by atomic mass is 19.3. The second-order valence-corrected chi connectivity index (χ2v) is 3.77. The van der Waals surface area contributed by atoms with Crippen molar-refractivity contribution in [3.05, 3.63) is 29.3 Å². The van der Waals surface area contributed by atoms with Gasteiger partial charge >= 0.3 is 0 Å². The molecule has 1 amide bonds. The largest absolute Gasteiger partial charge is 0.396 e. The van der Waals surface area contributed by atoms with E-state index >= 15 is 0 Å². The van der Waals surface area contributed by atoms with E-state index in [4.69, 9.17) is 5.11 Å². The number of aliphatic hydroxyl groups is 1. The van der Waals surface area contributed by atoms with Gasteiger partial charge in [-0.3, -0.25) is 4.79 Å². The van der Waals surface area contributed by atoms with E-state index in [0.29, 0.717) is 11.3 Å². The minimum Gasteiger partial charge on any atom is -0.396 e. The standard InChI is InChI=1S/C11H11F2NO2/c12-11(13,3-4-15)8-1-2-9-7(5-8)6-10(16)14-9/h1-2,5,15H,3-4,6H2,(H,14,16). The van der Waals surface area contributed by atoms with Crippen LogP contribution in [0.4, 0.5) is 14.5 Å². The van der Waals surface area contributed by atoms with Crippen molar-refractivity contribution >= 4 is 11.6 Å². The number of alkyl halides is 2. The third-order valence-electron chi connectivity index (χ3n) is 2.58. The Morgan fingerprint density at radius 1 is 1.44 bits per heavy atom. The maximum atomic E-state index is 13.5. The summed E-state index contributed by atoms with van der Waals surface area (Å²) in [6.07, 6.45) is -0.467. The van der Waals surface area contributed by atoms with Crippen molar-refractivity contribution < 1.29 is 18.7 Å². The topological polar surface area (TPSA) is 49.3 Å². The third kappa shape index (κ3) is 1.90. The van der Waals surface area contributed by atoms with Crippen LogP contribution in [0.2, 0.25) is 0 Å². The molecule has 3 nitrogen and oxygen atoms in total. The summed E-state index contributed by atoms with van der Waals surface area (Å²) in [5.41, 5.74) is 1.02. The molecule has 0 atom stereocenters. The SMILES string of the molecule is O=C1Cc2cc(C(F)(F)CCO)ccc2N1. The maximum absolute atomic E-state index is 13.5. The van der Waals surface area contributed by atoms with Crippen LogP contribution in [-0.2, 0) is 17.1 Å². The number of halogens is 2. The number of rotatable bonds is 3. The lowest BCUT2D eigenvalue weighted by atomic mass is 10.0. The van der Waals surface area contributed by atoms with E-state index in [1.807, 2.05) is 0 Å². The molecule has 0 aromatic heterocycles. The number of aliphatic hydroxyl groups excluding tert-OH is 1. The summed E-state index contributed by atoms with van der Waals surface area (Å²) >= 11 is 0. The summed E-state index contributed by atoms with van der Waals surface area (Å²) in [7, 11) is 0. The molecule has 0 spiro atoms. The Bertz CT molecular complexity index is 432. The molecular formula is C11H11F2NO2. The zero-order valence-corrected chi connectivity index (χ0v) is 8.46. The molecule has 0 fully saturated rings. The number of benzene rings is 1. The molecule has 86 valence electrons. The molecule has 0 saturated carbocycles. The number of amides is 1. The van der Waals surface area contributed by atoms with Crippen LogP contribution in [0.25, 0.3) is 0 Å². The number of hydrogen-bond acceptors (Lipinski definition) is 2. The molecule has 0 unspecified atom stereocenters. The predicted octanol–water partition coefficient (Wildman–Crippen LogP) is 1.66. The highest BCUT2D eigenvalue weighted by Crippen LogP contribution is 2.34. The molecule has 1 aromatic carbocycles. The van der Waals surface area contributed by atoms with Crippen molar-refractivity contribution in [2.24, 2.45) is 0 Å². The van der Waals surface area contributed by atoms with Crippen molar-refractivity contribution in [2.45, 2.75) is 18.8 Å². The third-order valence-corrected chi connectivity index (χ3v) is 2.58. The Hall–Kier alpha value is -1.49. The van der Waals surface area contributed by atoms with Crippen molar-refractivity contribution in [2.75, 3.05) is 11.9 Å². The van der Waals surface area contributed by atoms with E-state index in [1.165, 1.54) is 18.2 Å². The smallest absolute Gasteiger partial charge is 0.275 e. The van der Waals surface area contributed by atoms with Gasteiger partial charge in [0.15, 0.2) is 0 Å². The first-order chi connectivity index (χ1) is 7.53. The molecule has 0 radical (unpaired) electrons. The van der Waals surface area contributed by atoms with Gasteiger partial charge in [-0.2, -0.15) is 0 Å². The number of carbonyl (C=O) groups excluding carboxylic acids is 1. The summed E-state index contributed by atoms with van der Waals surface area (Å²) in [4.78, 5) is 11.0. The second kappa shape index (κ2) is 3.83. The number of hydrogen-bond donors (Lipinski definition) is 2. The lowest BCUT2D eigenvalue weighted by Gasteiger charge is -2.16. The van der Waals surface area contributed by atoms with Crippen molar-refractivity contribution in [3.63, 3.8) is 0 Å².